The average molecular weight is 553 g/mol. The molecule has 0 saturated heterocycles. The number of rotatable bonds is 3. The molecule has 2 heteroatoms. The highest BCUT2D eigenvalue weighted by Gasteiger charge is 2.22. The molecule has 42 heavy (non-hydrogen) atoms. The quantitative estimate of drug-likeness (QED) is 0.199. The average Bonchev–Trinajstić information content (AvgIpc) is 3.67. The molecule has 196 valence electrons. The second-order valence-corrected chi connectivity index (χ2v) is 11.9. The summed E-state index contributed by atoms with van der Waals surface area (Å²) in [5.74, 6) is 0.895. The summed E-state index contributed by atoms with van der Waals surface area (Å²) in [6, 6.07) is 52.3. The Morgan fingerprint density at radius 1 is 0.405 bits per heavy atom. The van der Waals surface area contributed by atoms with Crippen molar-refractivity contribution in [1.82, 2.24) is 0 Å². The van der Waals surface area contributed by atoms with Crippen LogP contribution in [0.1, 0.15) is 0 Å². The Labute approximate surface area is 246 Å². The molecule has 0 atom stereocenters. The fourth-order valence-electron chi connectivity index (χ4n) is 6.65. The zero-order valence-electron chi connectivity index (χ0n) is 22.7. The van der Waals surface area contributed by atoms with Crippen molar-refractivity contribution in [3.05, 3.63) is 146 Å². The summed E-state index contributed by atoms with van der Waals surface area (Å²) in [5, 5.41) is 8.67. The molecular formula is C40H24OS. The van der Waals surface area contributed by atoms with Crippen molar-refractivity contribution in [1.29, 1.82) is 0 Å². The molecule has 0 aliphatic carbocycles. The van der Waals surface area contributed by atoms with E-state index in [9.17, 15) is 0 Å². The summed E-state index contributed by atoms with van der Waals surface area (Å²) in [6.07, 6.45) is 0. The summed E-state index contributed by atoms with van der Waals surface area (Å²) in [6.45, 7) is 0. The topological polar surface area (TPSA) is 13.1 Å². The molecule has 0 aliphatic heterocycles. The Balaban J connectivity index is 1.48. The van der Waals surface area contributed by atoms with Gasteiger partial charge < -0.3 is 4.42 Å². The SMILES string of the molecule is c1ccc(-c2cc3c(-c4c5ccccc5c(-c5ccccc5)c5ccccc45)cc4c5ccccc5sc4c3o2)cc1. The van der Waals surface area contributed by atoms with Gasteiger partial charge in [-0.1, -0.05) is 127 Å². The van der Waals surface area contributed by atoms with Gasteiger partial charge in [0.2, 0.25) is 0 Å². The smallest absolute Gasteiger partial charge is 0.153 e. The van der Waals surface area contributed by atoms with Gasteiger partial charge in [-0.3, -0.25) is 0 Å². The first-order valence-electron chi connectivity index (χ1n) is 14.3. The molecular weight excluding hydrogens is 529 g/mol. The summed E-state index contributed by atoms with van der Waals surface area (Å²) >= 11 is 1.82. The maximum Gasteiger partial charge on any atom is 0.153 e. The van der Waals surface area contributed by atoms with E-state index >= 15 is 0 Å². The molecule has 0 fully saturated rings. The van der Waals surface area contributed by atoms with E-state index < -0.39 is 0 Å². The van der Waals surface area contributed by atoms with Crippen LogP contribution in [-0.2, 0) is 0 Å². The molecule has 0 amide bonds. The Hall–Kier alpha value is -5.18. The number of thiophene rings is 1. The van der Waals surface area contributed by atoms with Gasteiger partial charge >= 0.3 is 0 Å². The number of benzene rings is 7. The molecule has 0 unspecified atom stereocenters. The highest BCUT2D eigenvalue weighted by molar-refractivity contribution is 7.26. The van der Waals surface area contributed by atoms with Gasteiger partial charge in [0.05, 0.1) is 4.70 Å². The van der Waals surface area contributed by atoms with Gasteiger partial charge in [0.1, 0.15) is 5.76 Å². The Kier molecular flexibility index (Phi) is 5.13. The predicted octanol–water partition coefficient (Wildman–Crippen LogP) is 12.1. The van der Waals surface area contributed by atoms with E-state index in [0.29, 0.717) is 0 Å². The van der Waals surface area contributed by atoms with Crippen molar-refractivity contribution in [2.75, 3.05) is 0 Å². The van der Waals surface area contributed by atoms with Crippen LogP contribution < -0.4 is 0 Å². The van der Waals surface area contributed by atoms with E-state index in [2.05, 4.69) is 140 Å². The molecule has 0 aliphatic rings. The largest absolute Gasteiger partial charge is 0.455 e. The minimum absolute atomic E-state index is 0.895. The fourth-order valence-corrected chi connectivity index (χ4v) is 7.82. The lowest BCUT2D eigenvalue weighted by Crippen LogP contribution is -1.91. The first-order valence-corrected chi connectivity index (χ1v) is 15.1. The maximum atomic E-state index is 6.79. The third kappa shape index (κ3) is 3.43. The van der Waals surface area contributed by atoms with Crippen molar-refractivity contribution in [3.8, 4) is 33.6 Å². The van der Waals surface area contributed by atoms with E-state index in [1.54, 1.807) is 0 Å². The molecule has 9 aromatic rings. The van der Waals surface area contributed by atoms with E-state index in [1.807, 2.05) is 17.4 Å². The Morgan fingerprint density at radius 3 is 1.57 bits per heavy atom. The molecule has 1 nitrogen and oxygen atoms in total. The number of furan rings is 1. The van der Waals surface area contributed by atoms with Crippen molar-refractivity contribution in [2.45, 2.75) is 0 Å². The van der Waals surface area contributed by atoms with Crippen LogP contribution in [0.25, 0.3) is 86.3 Å². The second-order valence-electron chi connectivity index (χ2n) is 10.8. The number of fused-ring (bicyclic) bond motifs is 7. The standard InChI is InChI=1S/C40H24OS/c1-3-13-25(14-4-1)35-24-33-32(23-34-27-17-11-12-22-36(27)42-40(34)39(33)41-35)38-30-20-9-7-18-28(30)37(26-15-5-2-6-16-26)29-19-8-10-21-31(29)38/h1-24H. The van der Waals surface area contributed by atoms with Crippen LogP contribution in [0.4, 0.5) is 0 Å². The molecule has 0 bridgehead atoms. The zero-order chi connectivity index (χ0) is 27.6. The molecule has 0 spiro atoms. The van der Waals surface area contributed by atoms with E-state index in [0.717, 1.165) is 22.3 Å². The van der Waals surface area contributed by atoms with Crippen LogP contribution in [-0.4, -0.2) is 0 Å². The lowest BCUT2D eigenvalue weighted by molar-refractivity contribution is 0.635. The second kappa shape index (κ2) is 9.17. The van der Waals surface area contributed by atoms with E-state index in [4.69, 9.17) is 4.42 Å². The van der Waals surface area contributed by atoms with Crippen LogP contribution in [0.15, 0.2) is 150 Å². The van der Waals surface area contributed by atoms with Crippen LogP contribution in [0.2, 0.25) is 0 Å². The third-order valence-corrected chi connectivity index (χ3v) is 9.66. The summed E-state index contributed by atoms with van der Waals surface area (Å²) in [4.78, 5) is 0. The van der Waals surface area contributed by atoms with Crippen molar-refractivity contribution in [2.24, 2.45) is 0 Å². The first kappa shape index (κ1) is 23.5. The van der Waals surface area contributed by atoms with Crippen molar-refractivity contribution >= 4 is 64.0 Å². The van der Waals surface area contributed by atoms with Gasteiger partial charge in [-0.2, -0.15) is 0 Å². The normalized spacial score (nSPS) is 11.8. The van der Waals surface area contributed by atoms with Gasteiger partial charge in [0.25, 0.3) is 0 Å². The van der Waals surface area contributed by atoms with Crippen LogP contribution in [0, 0.1) is 0 Å². The predicted molar refractivity (Wildman–Crippen MR) is 180 cm³/mol. The number of hydrogen-bond donors (Lipinski definition) is 0. The van der Waals surface area contributed by atoms with Gasteiger partial charge in [0.15, 0.2) is 5.58 Å². The van der Waals surface area contributed by atoms with E-state index in [1.165, 1.54) is 64.0 Å². The minimum atomic E-state index is 0.895. The molecule has 9 rings (SSSR count). The highest BCUT2D eigenvalue weighted by Crippen LogP contribution is 2.49. The van der Waals surface area contributed by atoms with Gasteiger partial charge in [-0.05, 0) is 62.0 Å². The fraction of sp³-hybridized carbons (Fsp3) is 0. The van der Waals surface area contributed by atoms with Crippen molar-refractivity contribution in [3.63, 3.8) is 0 Å². The molecule has 7 aromatic carbocycles. The van der Waals surface area contributed by atoms with Crippen LogP contribution in [0.5, 0.6) is 0 Å². The maximum absolute atomic E-state index is 6.79. The Morgan fingerprint density at radius 2 is 0.929 bits per heavy atom. The zero-order valence-corrected chi connectivity index (χ0v) is 23.5. The highest BCUT2D eigenvalue weighted by atomic mass is 32.1. The Bertz CT molecular complexity index is 2390. The molecule has 0 saturated carbocycles. The summed E-state index contributed by atoms with van der Waals surface area (Å²) in [7, 11) is 0. The van der Waals surface area contributed by atoms with Crippen molar-refractivity contribution < 1.29 is 4.42 Å². The molecule has 2 heterocycles. The molecule has 0 radical (unpaired) electrons. The van der Waals surface area contributed by atoms with Crippen LogP contribution in [0.3, 0.4) is 0 Å². The molecule has 2 aromatic heterocycles. The van der Waals surface area contributed by atoms with E-state index in [-0.39, 0.29) is 0 Å². The monoisotopic (exact) mass is 552 g/mol. The number of hydrogen-bond acceptors (Lipinski definition) is 2. The lowest BCUT2D eigenvalue weighted by Gasteiger charge is -2.18. The van der Waals surface area contributed by atoms with Gasteiger partial charge in [-0.25, -0.2) is 0 Å². The first-order chi connectivity index (χ1) is 20.8. The summed E-state index contributed by atoms with van der Waals surface area (Å²) < 4.78 is 9.26. The van der Waals surface area contributed by atoms with Crippen LogP contribution >= 0.6 is 11.3 Å². The minimum Gasteiger partial charge on any atom is -0.455 e. The third-order valence-electron chi connectivity index (χ3n) is 8.47. The summed E-state index contributed by atoms with van der Waals surface area (Å²) in [5.41, 5.74) is 7.02. The van der Waals surface area contributed by atoms with Gasteiger partial charge in [-0.15, -0.1) is 11.3 Å². The lowest BCUT2D eigenvalue weighted by atomic mass is 9.85. The van der Waals surface area contributed by atoms with Gasteiger partial charge in [0, 0.05) is 26.4 Å². The molecule has 0 N–H and O–H groups in total.